The third-order valence-corrected chi connectivity index (χ3v) is 3.53. The molecule has 5 nitrogen and oxygen atoms in total. The van der Waals surface area contributed by atoms with E-state index in [1.54, 1.807) is 24.3 Å². The molecule has 1 unspecified atom stereocenters. The number of hydrogen-bond donors (Lipinski definition) is 3. The Hall–Kier alpha value is -2.66. The van der Waals surface area contributed by atoms with Crippen molar-refractivity contribution in [1.29, 1.82) is 0 Å². The number of ketones is 1. The van der Waals surface area contributed by atoms with E-state index in [2.05, 4.69) is 10.6 Å². The lowest BCUT2D eigenvalue weighted by molar-refractivity contribution is 0.101. The number of carbonyl (C=O) groups is 2. The van der Waals surface area contributed by atoms with Crippen LogP contribution in [-0.2, 0) is 0 Å². The molecule has 120 valence electrons. The van der Waals surface area contributed by atoms with Gasteiger partial charge in [-0.05, 0) is 37.1 Å². The molecule has 0 bridgehead atoms. The molecule has 0 spiro atoms. The first-order valence-corrected chi connectivity index (χ1v) is 7.37. The topological polar surface area (TPSA) is 78.4 Å². The van der Waals surface area contributed by atoms with Gasteiger partial charge in [0.2, 0.25) is 0 Å². The zero-order valence-electron chi connectivity index (χ0n) is 13.2. The number of carbonyl (C=O) groups excluding carboxylic acids is 2. The van der Waals surface area contributed by atoms with Gasteiger partial charge >= 0.3 is 6.03 Å². The van der Waals surface area contributed by atoms with Crippen molar-refractivity contribution in [1.82, 2.24) is 5.32 Å². The lowest BCUT2D eigenvalue weighted by atomic mass is 10.0. The molecule has 1 atom stereocenters. The highest BCUT2D eigenvalue weighted by Gasteiger charge is 2.11. The van der Waals surface area contributed by atoms with Gasteiger partial charge in [-0.25, -0.2) is 4.79 Å². The summed E-state index contributed by atoms with van der Waals surface area (Å²) in [5.74, 6) is -0.0657. The molecule has 0 radical (unpaired) electrons. The molecule has 2 amide bonds. The smallest absolute Gasteiger partial charge is 0.319 e. The van der Waals surface area contributed by atoms with Crippen LogP contribution < -0.4 is 10.6 Å². The van der Waals surface area contributed by atoms with Gasteiger partial charge in [0.1, 0.15) is 0 Å². The van der Waals surface area contributed by atoms with Crippen LogP contribution in [0.4, 0.5) is 10.5 Å². The van der Waals surface area contributed by atoms with Crippen molar-refractivity contribution in [2.75, 3.05) is 11.9 Å². The zero-order chi connectivity index (χ0) is 16.8. The normalized spacial score (nSPS) is 11.6. The summed E-state index contributed by atoms with van der Waals surface area (Å²) in [5, 5.41) is 15.4. The molecule has 23 heavy (non-hydrogen) atoms. The van der Waals surface area contributed by atoms with E-state index in [0.717, 1.165) is 11.1 Å². The number of nitrogens with one attached hydrogen (secondary N) is 2. The van der Waals surface area contributed by atoms with E-state index in [-0.39, 0.29) is 12.3 Å². The number of urea groups is 1. The number of aryl methyl sites for hydroxylation is 1. The summed E-state index contributed by atoms with van der Waals surface area (Å²) in [4.78, 5) is 23.2. The summed E-state index contributed by atoms with van der Waals surface area (Å²) < 4.78 is 0. The first kappa shape index (κ1) is 16.7. The molecule has 0 aliphatic rings. The molecule has 5 heteroatoms. The minimum absolute atomic E-state index is 0.0657. The van der Waals surface area contributed by atoms with Gasteiger partial charge in [0.15, 0.2) is 5.78 Å². The van der Waals surface area contributed by atoms with Crippen LogP contribution in [0.25, 0.3) is 0 Å². The Morgan fingerprint density at radius 2 is 1.87 bits per heavy atom. The van der Waals surface area contributed by atoms with Crippen LogP contribution in [-0.4, -0.2) is 23.5 Å². The summed E-state index contributed by atoms with van der Waals surface area (Å²) in [6.45, 7) is 3.48. The number of aliphatic hydroxyl groups is 1. The minimum atomic E-state index is -0.773. The molecule has 2 aromatic carbocycles. The summed E-state index contributed by atoms with van der Waals surface area (Å²) >= 11 is 0. The van der Waals surface area contributed by atoms with E-state index in [0.29, 0.717) is 11.3 Å². The standard InChI is InChI=1S/C18H20N2O3/c1-12-6-3-4-9-16(12)17(22)11-19-18(23)20-15-8-5-7-14(10-15)13(2)21/h3-10,17,22H,11H2,1-2H3,(H2,19,20,23). The summed E-state index contributed by atoms with van der Waals surface area (Å²) in [6.07, 6.45) is -0.773. The van der Waals surface area contributed by atoms with E-state index in [9.17, 15) is 14.7 Å². The van der Waals surface area contributed by atoms with Crippen molar-refractivity contribution in [2.24, 2.45) is 0 Å². The van der Waals surface area contributed by atoms with Crippen LogP contribution in [0.5, 0.6) is 0 Å². The molecular formula is C18H20N2O3. The molecule has 2 aromatic rings. The fraction of sp³-hybridized carbons (Fsp3) is 0.222. The maximum Gasteiger partial charge on any atom is 0.319 e. The van der Waals surface area contributed by atoms with Crippen LogP contribution in [0.15, 0.2) is 48.5 Å². The zero-order valence-corrected chi connectivity index (χ0v) is 13.2. The Labute approximate surface area is 135 Å². The van der Waals surface area contributed by atoms with Crippen LogP contribution in [0.3, 0.4) is 0 Å². The van der Waals surface area contributed by atoms with Crippen molar-refractivity contribution < 1.29 is 14.7 Å². The van der Waals surface area contributed by atoms with Gasteiger partial charge in [0.05, 0.1) is 6.10 Å². The number of anilines is 1. The van der Waals surface area contributed by atoms with Crippen molar-refractivity contribution in [2.45, 2.75) is 20.0 Å². The molecule has 0 saturated heterocycles. The first-order valence-electron chi connectivity index (χ1n) is 7.37. The Morgan fingerprint density at radius 3 is 2.57 bits per heavy atom. The van der Waals surface area contributed by atoms with Gasteiger partial charge < -0.3 is 15.7 Å². The molecule has 0 aliphatic heterocycles. The van der Waals surface area contributed by atoms with E-state index < -0.39 is 12.1 Å². The third-order valence-electron chi connectivity index (χ3n) is 3.53. The van der Waals surface area contributed by atoms with Crippen molar-refractivity contribution >= 4 is 17.5 Å². The minimum Gasteiger partial charge on any atom is -0.387 e. The number of hydrogen-bond acceptors (Lipinski definition) is 3. The highest BCUT2D eigenvalue weighted by Crippen LogP contribution is 2.16. The van der Waals surface area contributed by atoms with E-state index in [4.69, 9.17) is 0 Å². The van der Waals surface area contributed by atoms with Gasteiger partial charge in [-0.1, -0.05) is 36.4 Å². The lowest BCUT2D eigenvalue weighted by Gasteiger charge is -2.15. The van der Waals surface area contributed by atoms with Crippen LogP contribution in [0, 0.1) is 6.92 Å². The SMILES string of the molecule is CC(=O)c1cccc(NC(=O)NCC(O)c2ccccc2C)c1. The van der Waals surface area contributed by atoms with Gasteiger partial charge in [0, 0.05) is 17.8 Å². The fourth-order valence-corrected chi connectivity index (χ4v) is 2.25. The quantitative estimate of drug-likeness (QED) is 0.743. The highest BCUT2D eigenvalue weighted by atomic mass is 16.3. The molecule has 3 N–H and O–H groups in total. The van der Waals surface area contributed by atoms with Gasteiger partial charge in [0.25, 0.3) is 0 Å². The summed E-state index contributed by atoms with van der Waals surface area (Å²) in [6, 6.07) is 13.7. The fourth-order valence-electron chi connectivity index (χ4n) is 2.25. The molecule has 0 fully saturated rings. The number of aliphatic hydroxyl groups excluding tert-OH is 1. The maximum atomic E-state index is 11.9. The molecule has 0 aromatic heterocycles. The predicted molar refractivity (Wildman–Crippen MR) is 89.6 cm³/mol. The average Bonchev–Trinajstić information content (AvgIpc) is 2.53. The summed E-state index contributed by atoms with van der Waals surface area (Å²) in [5.41, 5.74) is 2.81. The van der Waals surface area contributed by atoms with E-state index in [1.807, 2.05) is 31.2 Å². The van der Waals surface area contributed by atoms with E-state index in [1.165, 1.54) is 6.92 Å². The molecular weight excluding hydrogens is 292 g/mol. The highest BCUT2D eigenvalue weighted by molar-refractivity contribution is 5.96. The maximum absolute atomic E-state index is 11.9. The Bertz CT molecular complexity index is 713. The Morgan fingerprint density at radius 1 is 1.13 bits per heavy atom. The first-order chi connectivity index (χ1) is 11.0. The number of amides is 2. The third kappa shape index (κ3) is 4.66. The van der Waals surface area contributed by atoms with Crippen LogP contribution in [0.1, 0.15) is 34.5 Å². The van der Waals surface area contributed by atoms with Crippen molar-refractivity contribution in [3.8, 4) is 0 Å². The molecule has 2 rings (SSSR count). The van der Waals surface area contributed by atoms with E-state index >= 15 is 0 Å². The van der Waals surface area contributed by atoms with Crippen molar-refractivity contribution in [3.63, 3.8) is 0 Å². The largest absolute Gasteiger partial charge is 0.387 e. The Balaban J connectivity index is 1.91. The number of benzene rings is 2. The molecule has 0 saturated carbocycles. The van der Waals surface area contributed by atoms with Crippen LogP contribution in [0.2, 0.25) is 0 Å². The molecule has 0 heterocycles. The Kier molecular flexibility index (Phi) is 5.49. The average molecular weight is 312 g/mol. The predicted octanol–water partition coefficient (Wildman–Crippen LogP) is 3.05. The second-order valence-electron chi connectivity index (χ2n) is 5.34. The monoisotopic (exact) mass is 312 g/mol. The second-order valence-corrected chi connectivity index (χ2v) is 5.34. The number of rotatable bonds is 5. The lowest BCUT2D eigenvalue weighted by Crippen LogP contribution is -2.32. The number of Topliss-reactive ketones (excluding diaryl/α,β-unsaturated/α-hetero) is 1. The second kappa shape index (κ2) is 7.56. The van der Waals surface area contributed by atoms with Gasteiger partial charge in [-0.15, -0.1) is 0 Å². The van der Waals surface area contributed by atoms with Crippen molar-refractivity contribution in [3.05, 3.63) is 65.2 Å². The summed E-state index contributed by atoms with van der Waals surface area (Å²) in [7, 11) is 0. The van der Waals surface area contributed by atoms with Gasteiger partial charge in [-0.2, -0.15) is 0 Å². The molecule has 0 aliphatic carbocycles. The van der Waals surface area contributed by atoms with Gasteiger partial charge in [-0.3, -0.25) is 4.79 Å². The van der Waals surface area contributed by atoms with Crippen LogP contribution >= 0.6 is 0 Å².